The highest BCUT2D eigenvalue weighted by Crippen LogP contribution is 2.44. The molecule has 0 amide bonds. The van der Waals surface area contributed by atoms with Crippen molar-refractivity contribution in [1.82, 2.24) is 0 Å². The molecular weight excluding hydrogens is 184 g/mol. The maximum Gasteiger partial charge on any atom is 0.136 e. The van der Waals surface area contributed by atoms with Crippen LogP contribution in [0.15, 0.2) is 12.2 Å². The van der Waals surface area contributed by atoms with Crippen LogP contribution in [-0.2, 0) is 4.79 Å². The van der Waals surface area contributed by atoms with Gasteiger partial charge in [-0.05, 0) is 30.6 Å². The first-order valence-corrected chi connectivity index (χ1v) is 6.45. The number of hydrogen-bond donors (Lipinski definition) is 0. The summed E-state index contributed by atoms with van der Waals surface area (Å²) in [4.78, 5) is 12.1. The Morgan fingerprint density at radius 3 is 2.47 bits per heavy atom. The maximum atomic E-state index is 12.1. The third-order valence-corrected chi connectivity index (χ3v) is 4.34. The van der Waals surface area contributed by atoms with E-state index in [2.05, 4.69) is 26.0 Å². The number of ketones is 1. The highest BCUT2D eigenvalue weighted by molar-refractivity contribution is 5.82. The quantitative estimate of drug-likeness (QED) is 0.628. The molecule has 2 rings (SSSR count). The summed E-state index contributed by atoms with van der Waals surface area (Å²) in [7, 11) is 0. The molecule has 0 heterocycles. The van der Waals surface area contributed by atoms with Crippen LogP contribution < -0.4 is 0 Å². The Labute approximate surface area is 92.9 Å². The van der Waals surface area contributed by atoms with Gasteiger partial charge in [0.2, 0.25) is 0 Å². The van der Waals surface area contributed by atoms with Crippen LogP contribution in [0.4, 0.5) is 0 Å². The van der Waals surface area contributed by atoms with Crippen LogP contribution in [0.3, 0.4) is 0 Å². The molecule has 0 spiro atoms. The lowest BCUT2D eigenvalue weighted by Gasteiger charge is -2.19. The molecule has 0 aromatic carbocycles. The van der Waals surface area contributed by atoms with E-state index in [1.165, 1.54) is 6.42 Å². The summed E-state index contributed by atoms with van der Waals surface area (Å²) in [6, 6.07) is 0. The number of carbonyl (C=O) groups is 1. The van der Waals surface area contributed by atoms with E-state index in [9.17, 15) is 4.79 Å². The van der Waals surface area contributed by atoms with E-state index in [-0.39, 0.29) is 0 Å². The van der Waals surface area contributed by atoms with Crippen molar-refractivity contribution in [3.63, 3.8) is 0 Å². The molecule has 0 aliphatic heterocycles. The van der Waals surface area contributed by atoms with Gasteiger partial charge in [-0.2, -0.15) is 0 Å². The zero-order valence-electron chi connectivity index (χ0n) is 9.91. The number of allylic oxidation sites excluding steroid dienone is 2. The third kappa shape index (κ3) is 2.16. The second-order valence-corrected chi connectivity index (χ2v) is 5.24. The van der Waals surface area contributed by atoms with E-state index in [0.29, 0.717) is 23.5 Å². The van der Waals surface area contributed by atoms with Crippen molar-refractivity contribution in [2.75, 3.05) is 0 Å². The van der Waals surface area contributed by atoms with Crippen LogP contribution in [0.25, 0.3) is 0 Å². The largest absolute Gasteiger partial charge is 0.299 e. The smallest absolute Gasteiger partial charge is 0.136 e. The molecule has 0 unspecified atom stereocenters. The molecule has 3 atom stereocenters. The summed E-state index contributed by atoms with van der Waals surface area (Å²) in [5, 5.41) is 0. The van der Waals surface area contributed by atoms with Crippen LogP contribution in [0.2, 0.25) is 0 Å². The Kier molecular flexibility index (Phi) is 3.28. The Morgan fingerprint density at radius 1 is 1.27 bits per heavy atom. The van der Waals surface area contributed by atoms with Crippen LogP contribution in [0.5, 0.6) is 0 Å². The van der Waals surface area contributed by atoms with Crippen molar-refractivity contribution in [2.24, 2.45) is 23.7 Å². The molecule has 2 aliphatic carbocycles. The van der Waals surface area contributed by atoms with Crippen LogP contribution >= 0.6 is 0 Å². The molecule has 0 aromatic heterocycles. The molecule has 1 fully saturated rings. The topological polar surface area (TPSA) is 17.1 Å². The molecule has 84 valence electrons. The first-order chi connectivity index (χ1) is 7.24. The van der Waals surface area contributed by atoms with Gasteiger partial charge in [0, 0.05) is 12.3 Å². The van der Waals surface area contributed by atoms with Gasteiger partial charge in [-0.25, -0.2) is 0 Å². The molecule has 0 aromatic rings. The average molecular weight is 206 g/mol. The van der Waals surface area contributed by atoms with E-state index in [4.69, 9.17) is 0 Å². The standard InChI is InChI=1S/C14H22O/c1-3-10(4-2)9-14(15)13-8-11-5-6-12(13)7-11/h5-6,10-13H,3-4,7-9H2,1-2H3/t11-,12+,13-/m1/s1. The monoisotopic (exact) mass is 206 g/mol. The molecule has 0 radical (unpaired) electrons. The van der Waals surface area contributed by atoms with E-state index in [1.54, 1.807) is 0 Å². The predicted octanol–water partition coefficient (Wildman–Crippen LogP) is 3.59. The number of carbonyl (C=O) groups excluding carboxylic acids is 1. The van der Waals surface area contributed by atoms with Gasteiger partial charge in [0.1, 0.15) is 5.78 Å². The normalized spacial score (nSPS) is 32.9. The zero-order valence-corrected chi connectivity index (χ0v) is 9.91. The van der Waals surface area contributed by atoms with Crippen molar-refractivity contribution >= 4 is 5.78 Å². The lowest BCUT2D eigenvalue weighted by molar-refractivity contribution is -0.124. The van der Waals surface area contributed by atoms with Gasteiger partial charge in [-0.3, -0.25) is 4.79 Å². The minimum atomic E-state index is 0.376. The van der Waals surface area contributed by atoms with Gasteiger partial charge in [-0.15, -0.1) is 0 Å². The van der Waals surface area contributed by atoms with Gasteiger partial charge in [0.15, 0.2) is 0 Å². The fraction of sp³-hybridized carbons (Fsp3) is 0.786. The number of rotatable bonds is 5. The van der Waals surface area contributed by atoms with E-state index in [0.717, 1.165) is 31.6 Å². The molecule has 2 bridgehead atoms. The first kappa shape index (κ1) is 10.9. The SMILES string of the molecule is CCC(CC)CC(=O)[C@@H]1C[C@@H]2C=C[C@H]1C2. The van der Waals surface area contributed by atoms with Crippen LogP contribution in [0, 0.1) is 23.7 Å². The number of Topliss-reactive ketones (excluding diaryl/α,β-unsaturated/α-hetero) is 1. The summed E-state index contributed by atoms with van der Waals surface area (Å²) in [5.74, 6) is 2.87. The Bertz CT molecular complexity index is 263. The fourth-order valence-electron chi connectivity index (χ4n) is 3.16. The van der Waals surface area contributed by atoms with Crippen molar-refractivity contribution in [1.29, 1.82) is 0 Å². The average Bonchev–Trinajstić information content (AvgIpc) is 2.87. The summed E-state index contributed by atoms with van der Waals surface area (Å²) in [6.45, 7) is 4.39. The Morgan fingerprint density at radius 2 is 2.00 bits per heavy atom. The number of fused-ring (bicyclic) bond motifs is 2. The third-order valence-electron chi connectivity index (χ3n) is 4.34. The van der Waals surface area contributed by atoms with Crippen molar-refractivity contribution in [3.8, 4) is 0 Å². The van der Waals surface area contributed by atoms with E-state index < -0.39 is 0 Å². The minimum Gasteiger partial charge on any atom is -0.299 e. The van der Waals surface area contributed by atoms with Gasteiger partial charge in [-0.1, -0.05) is 38.8 Å². The molecule has 0 N–H and O–H groups in total. The molecule has 1 nitrogen and oxygen atoms in total. The maximum absolute atomic E-state index is 12.1. The lowest BCUT2D eigenvalue weighted by Crippen LogP contribution is -2.21. The Balaban J connectivity index is 1.89. The van der Waals surface area contributed by atoms with Crippen LogP contribution in [-0.4, -0.2) is 5.78 Å². The van der Waals surface area contributed by atoms with Crippen molar-refractivity contribution in [2.45, 2.75) is 46.0 Å². The lowest BCUT2D eigenvalue weighted by atomic mass is 9.84. The molecular formula is C14H22O. The Hall–Kier alpha value is -0.590. The van der Waals surface area contributed by atoms with Gasteiger partial charge in [0.25, 0.3) is 0 Å². The summed E-state index contributed by atoms with van der Waals surface area (Å²) >= 11 is 0. The minimum absolute atomic E-state index is 0.376. The second-order valence-electron chi connectivity index (χ2n) is 5.24. The highest BCUT2D eigenvalue weighted by atomic mass is 16.1. The first-order valence-electron chi connectivity index (χ1n) is 6.45. The van der Waals surface area contributed by atoms with Gasteiger partial charge in [0.05, 0.1) is 0 Å². The van der Waals surface area contributed by atoms with Gasteiger partial charge < -0.3 is 0 Å². The van der Waals surface area contributed by atoms with E-state index >= 15 is 0 Å². The molecule has 15 heavy (non-hydrogen) atoms. The summed E-state index contributed by atoms with van der Waals surface area (Å²) < 4.78 is 0. The summed E-state index contributed by atoms with van der Waals surface area (Å²) in [6.07, 6.45) is 10.1. The molecule has 1 saturated carbocycles. The fourth-order valence-corrected chi connectivity index (χ4v) is 3.16. The molecule has 1 heteroatoms. The molecule has 2 aliphatic rings. The van der Waals surface area contributed by atoms with Crippen LogP contribution in [0.1, 0.15) is 46.0 Å². The van der Waals surface area contributed by atoms with E-state index in [1.807, 2.05) is 0 Å². The highest BCUT2D eigenvalue weighted by Gasteiger charge is 2.39. The predicted molar refractivity (Wildman–Crippen MR) is 62.5 cm³/mol. The second kappa shape index (κ2) is 4.51. The molecule has 0 saturated heterocycles. The summed E-state index contributed by atoms with van der Waals surface area (Å²) in [5.41, 5.74) is 0. The van der Waals surface area contributed by atoms with Crippen molar-refractivity contribution < 1.29 is 4.79 Å². The number of hydrogen-bond acceptors (Lipinski definition) is 1. The van der Waals surface area contributed by atoms with Gasteiger partial charge >= 0.3 is 0 Å². The zero-order chi connectivity index (χ0) is 10.8. The van der Waals surface area contributed by atoms with Crippen molar-refractivity contribution in [3.05, 3.63) is 12.2 Å².